The number of nitrogens with zero attached hydrogens (tertiary/aromatic N) is 2. The molecular weight excluding hydrogens is 300 g/mol. The first-order chi connectivity index (χ1) is 8.46. The summed E-state index contributed by atoms with van der Waals surface area (Å²) in [7, 11) is -8.75. The van der Waals surface area contributed by atoms with E-state index in [0.29, 0.717) is 12.4 Å². The maximum Gasteiger partial charge on any atom is 0.394 e. The molecule has 1 aromatic rings. The van der Waals surface area contributed by atoms with E-state index in [4.69, 9.17) is 22.1 Å². The third-order valence-corrected chi connectivity index (χ3v) is 2.99. The monoisotopic (exact) mass is 314 g/mol. The molecule has 0 saturated heterocycles. The number of imidazole rings is 1. The highest BCUT2D eigenvalue weighted by atomic mass is 32.3. The van der Waals surface area contributed by atoms with Gasteiger partial charge in [0.25, 0.3) is 10.1 Å². The van der Waals surface area contributed by atoms with E-state index in [1.54, 1.807) is 16.8 Å². The number of hydrogen-bond donors (Lipinski definition) is 3. The average molecular weight is 314 g/mol. The van der Waals surface area contributed by atoms with Crippen LogP contribution in [0.3, 0.4) is 0 Å². The van der Waals surface area contributed by atoms with Crippen molar-refractivity contribution >= 4 is 20.5 Å². The summed E-state index contributed by atoms with van der Waals surface area (Å²) < 4.78 is 63.8. The molecule has 0 saturated carbocycles. The van der Waals surface area contributed by atoms with Gasteiger partial charge in [-0.2, -0.15) is 16.8 Å². The fraction of sp³-hybridized carbons (Fsp3) is 0.375. The first-order valence-electron chi connectivity index (χ1n) is 4.75. The van der Waals surface area contributed by atoms with Crippen molar-refractivity contribution in [3.05, 3.63) is 30.9 Å². The largest absolute Gasteiger partial charge is 0.394 e. The van der Waals surface area contributed by atoms with Gasteiger partial charge >= 0.3 is 10.4 Å². The maximum absolute atomic E-state index is 10.9. The summed E-state index contributed by atoms with van der Waals surface area (Å²) in [4.78, 5) is 3.88. The van der Waals surface area contributed by atoms with Gasteiger partial charge in [0, 0.05) is 18.9 Å². The fourth-order valence-electron chi connectivity index (χ4n) is 1.11. The molecule has 0 aliphatic carbocycles. The topological polar surface area (TPSA) is 147 Å². The lowest BCUT2D eigenvalue weighted by Crippen LogP contribution is -2.14. The van der Waals surface area contributed by atoms with Crippen LogP contribution in [-0.2, 0) is 27.1 Å². The summed E-state index contributed by atoms with van der Waals surface area (Å²) in [5.74, 6) is 0.312. The molecule has 1 atom stereocenters. The first-order valence-corrected chi connectivity index (χ1v) is 7.65. The predicted molar refractivity (Wildman–Crippen MR) is 66.6 cm³/mol. The zero-order valence-electron chi connectivity index (χ0n) is 9.91. The molecule has 3 N–H and O–H groups in total. The lowest BCUT2D eigenvalue weighted by Gasteiger charge is -2.09. The molecule has 0 spiro atoms. The Morgan fingerprint density at radius 2 is 1.84 bits per heavy atom. The highest BCUT2D eigenvalue weighted by Gasteiger charge is 2.23. The van der Waals surface area contributed by atoms with E-state index in [1.165, 1.54) is 13.1 Å². The van der Waals surface area contributed by atoms with Crippen LogP contribution in [0.1, 0.15) is 18.0 Å². The molecule has 0 aromatic carbocycles. The molecule has 110 valence electrons. The minimum absolute atomic E-state index is 0.312. The molecule has 9 nitrogen and oxygen atoms in total. The summed E-state index contributed by atoms with van der Waals surface area (Å²) in [6, 6.07) is 0. The van der Waals surface area contributed by atoms with Crippen molar-refractivity contribution in [3.8, 4) is 0 Å². The number of rotatable bonds is 4. The molecule has 0 fully saturated rings. The van der Waals surface area contributed by atoms with Crippen molar-refractivity contribution in [1.29, 1.82) is 0 Å². The van der Waals surface area contributed by atoms with Gasteiger partial charge in [0.2, 0.25) is 0 Å². The second-order valence-corrected chi connectivity index (χ2v) is 5.96. The predicted octanol–water partition coefficient (Wildman–Crippen LogP) is 0.365. The Morgan fingerprint density at radius 1 is 1.37 bits per heavy atom. The van der Waals surface area contributed by atoms with Crippen molar-refractivity contribution in [1.82, 2.24) is 9.55 Å². The van der Waals surface area contributed by atoms with Gasteiger partial charge in [0.1, 0.15) is 11.1 Å². The molecule has 11 heteroatoms. The van der Waals surface area contributed by atoms with Crippen molar-refractivity contribution in [2.75, 3.05) is 0 Å². The standard InChI is InChI=1S/C8H12N2O3S.H2O4S/c1-3-5-10-6-4-9-8(10)7(2)14(11,12)13;1-5(2,3)4/h3-4,6-7H,1,5H2,2H3,(H,11,12,13);(H2,1,2,3,4). The van der Waals surface area contributed by atoms with Gasteiger partial charge in [0.05, 0.1) is 0 Å². The summed E-state index contributed by atoms with van der Waals surface area (Å²) in [6.45, 7) is 5.39. The Kier molecular flexibility index (Phi) is 6.32. The molecule has 1 rings (SSSR count). The van der Waals surface area contributed by atoms with E-state index >= 15 is 0 Å². The SMILES string of the molecule is C=CCn1ccnc1C(C)S(=O)(=O)O.O=S(=O)(O)O. The van der Waals surface area contributed by atoms with Gasteiger partial charge in [-0.25, -0.2) is 4.98 Å². The van der Waals surface area contributed by atoms with Gasteiger partial charge < -0.3 is 4.57 Å². The fourth-order valence-corrected chi connectivity index (χ4v) is 1.57. The Balaban J connectivity index is 0.000000555. The van der Waals surface area contributed by atoms with Crippen LogP contribution in [0.2, 0.25) is 0 Å². The van der Waals surface area contributed by atoms with Gasteiger partial charge in [-0.1, -0.05) is 6.08 Å². The van der Waals surface area contributed by atoms with Gasteiger partial charge in [-0.15, -0.1) is 6.58 Å². The van der Waals surface area contributed by atoms with Crippen molar-refractivity contribution in [3.63, 3.8) is 0 Å². The lowest BCUT2D eigenvalue weighted by atomic mass is 10.4. The molecule has 0 radical (unpaired) electrons. The minimum atomic E-state index is -4.67. The quantitative estimate of drug-likeness (QED) is 0.533. The number of hydrogen-bond acceptors (Lipinski definition) is 5. The van der Waals surface area contributed by atoms with Crippen LogP contribution >= 0.6 is 0 Å². The molecule has 0 bridgehead atoms. The van der Waals surface area contributed by atoms with Crippen LogP contribution in [0.5, 0.6) is 0 Å². The van der Waals surface area contributed by atoms with E-state index in [2.05, 4.69) is 11.6 Å². The van der Waals surface area contributed by atoms with Crippen molar-refractivity contribution in [2.45, 2.75) is 18.7 Å². The third kappa shape index (κ3) is 7.69. The number of allylic oxidation sites excluding steroid dienone is 1. The Bertz CT molecular complexity index is 609. The van der Waals surface area contributed by atoms with E-state index in [-0.39, 0.29) is 0 Å². The molecule has 1 unspecified atom stereocenters. The van der Waals surface area contributed by atoms with E-state index in [9.17, 15) is 8.42 Å². The number of aromatic nitrogens is 2. The second kappa shape index (κ2) is 6.77. The zero-order chi connectivity index (χ0) is 15.3. The van der Waals surface area contributed by atoms with Crippen molar-refractivity contribution in [2.24, 2.45) is 0 Å². The van der Waals surface area contributed by atoms with Crippen LogP contribution in [0.25, 0.3) is 0 Å². The van der Waals surface area contributed by atoms with E-state index < -0.39 is 25.8 Å². The molecule has 1 heterocycles. The normalized spacial score (nSPS) is 13.3. The van der Waals surface area contributed by atoms with Crippen LogP contribution < -0.4 is 0 Å². The summed E-state index contributed by atoms with van der Waals surface area (Å²) in [5, 5.41) is -1.02. The van der Waals surface area contributed by atoms with E-state index in [1.807, 2.05) is 0 Å². The summed E-state index contributed by atoms with van der Waals surface area (Å²) in [5.41, 5.74) is 0. The molecule has 0 amide bonds. The van der Waals surface area contributed by atoms with Crippen LogP contribution in [0.4, 0.5) is 0 Å². The molecule has 19 heavy (non-hydrogen) atoms. The summed E-state index contributed by atoms with van der Waals surface area (Å²) in [6.07, 6.45) is 4.75. The van der Waals surface area contributed by atoms with Crippen molar-refractivity contribution < 1.29 is 30.5 Å². The average Bonchev–Trinajstić information content (AvgIpc) is 2.61. The molecule has 1 aromatic heterocycles. The highest BCUT2D eigenvalue weighted by Crippen LogP contribution is 2.18. The minimum Gasteiger partial charge on any atom is -0.330 e. The summed E-state index contributed by atoms with van der Waals surface area (Å²) >= 11 is 0. The Labute approximate surface area is 110 Å². The molecular formula is C8H14N2O7S2. The Morgan fingerprint density at radius 3 is 2.21 bits per heavy atom. The maximum atomic E-state index is 10.9. The molecule has 0 aliphatic heterocycles. The van der Waals surface area contributed by atoms with Gasteiger partial charge in [-0.05, 0) is 6.92 Å². The van der Waals surface area contributed by atoms with Crippen LogP contribution in [0, 0.1) is 0 Å². The molecule has 0 aliphatic rings. The van der Waals surface area contributed by atoms with Gasteiger partial charge in [-0.3, -0.25) is 13.7 Å². The Hall–Kier alpha value is -1.27. The lowest BCUT2D eigenvalue weighted by molar-refractivity contribution is 0.381. The zero-order valence-corrected chi connectivity index (χ0v) is 11.5. The first kappa shape index (κ1) is 17.7. The van der Waals surface area contributed by atoms with Crippen LogP contribution in [-0.4, -0.2) is 40.0 Å². The third-order valence-electron chi connectivity index (χ3n) is 1.88. The second-order valence-electron chi connectivity index (χ2n) is 3.33. The van der Waals surface area contributed by atoms with E-state index in [0.717, 1.165) is 0 Å². The smallest absolute Gasteiger partial charge is 0.330 e. The van der Waals surface area contributed by atoms with Gasteiger partial charge in [0.15, 0.2) is 0 Å². The van der Waals surface area contributed by atoms with Crippen LogP contribution in [0.15, 0.2) is 25.0 Å². The highest BCUT2D eigenvalue weighted by molar-refractivity contribution is 7.86.